The molecule has 2 fully saturated rings. The van der Waals surface area contributed by atoms with Gasteiger partial charge in [-0.05, 0) is 74.4 Å². The highest BCUT2D eigenvalue weighted by Gasteiger charge is 2.24. The smallest absolute Gasteiger partial charge is 0.251 e. The maximum atomic E-state index is 12.9. The van der Waals surface area contributed by atoms with Crippen LogP contribution in [0.25, 0.3) is 0 Å². The van der Waals surface area contributed by atoms with Gasteiger partial charge in [0.15, 0.2) is 0 Å². The van der Waals surface area contributed by atoms with Crippen LogP contribution in [0.15, 0.2) is 48.5 Å². The predicted molar refractivity (Wildman–Crippen MR) is 128 cm³/mol. The molecule has 0 spiro atoms. The molecule has 1 amide bonds. The summed E-state index contributed by atoms with van der Waals surface area (Å²) in [5, 5.41) is 3.90. The molecule has 6 heteroatoms. The molecule has 4 rings (SSSR count). The Morgan fingerprint density at radius 1 is 1.00 bits per heavy atom. The van der Waals surface area contributed by atoms with E-state index < -0.39 is 0 Å². The van der Waals surface area contributed by atoms with E-state index in [1.54, 1.807) is 0 Å². The van der Waals surface area contributed by atoms with Crippen LogP contribution >= 0.6 is 11.6 Å². The molecule has 2 aromatic carbocycles. The van der Waals surface area contributed by atoms with Gasteiger partial charge in [-0.1, -0.05) is 30.7 Å². The maximum absolute atomic E-state index is 12.9. The number of hydrogen-bond donors (Lipinski definition) is 1. The Kier molecular flexibility index (Phi) is 7.49. The Balaban J connectivity index is 1.37. The van der Waals surface area contributed by atoms with Gasteiger partial charge in [0.05, 0.1) is 6.04 Å². The monoisotopic (exact) mass is 440 g/mol. The zero-order chi connectivity index (χ0) is 21.6. The van der Waals surface area contributed by atoms with Crippen LogP contribution < -0.4 is 10.2 Å². The first-order valence-electron chi connectivity index (χ1n) is 11.5. The Morgan fingerprint density at radius 3 is 2.35 bits per heavy atom. The van der Waals surface area contributed by atoms with Crippen molar-refractivity contribution in [3.63, 3.8) is 0 Å². The van der Waals surface area contributed by atoms with Crippen LogP contribution in [0.1, 0.15) is 41.7 Å². The minimum atomic E-state index is -0.0198. The van der Waals surface area contributed by atoms with Gasteiger partial charge < -0.3 is 15.1 Å². The van der Waals surface area contributed by atoms with Crippen molar-refractivity contribution in [1.82, 2.24) is 15.1 Å². The Hall–Kier alpha value is -2.08. The number of likely N-dealkylation sites (tertiary alicyclic amines) is 1. The Bertz CT molecular complexity index is 858. The van der Waals surface area contributed by atoms with E-state index in [0.717, 1.165) is 56.4 Å². The number of rotatable bonds is 7. The topological polar surface area (TPSA) is 38.8 Å². The van der Waals surface area contributed by atoms with Crippen LogP contribution in [-0.2, 0) is 0 Å². The average Bonchev–Trinajstić information content (AvgIpc) is 3.34. The van der Waals surface area contributed by atoms with E-state index in [1.165, 1.54) is 18.5 Å². The van der Waals surface area contributed by atoms with Crippen molar-refractivity contribution in [2.24, 2.45) is 0 Å². The van der Waals surface area contributed by atoms with Crippen molar-refractivity contribution in [3.05, 3.63) is 64.7 Å². The van der Waals surface area contributed by atoms with Crippen molar-refractivity contribution < 1.29 is 4.79 Å². The van der Waals surface area contributed by atoms with Crippen molar-refractivity contribution in [2.45, 2.75) is 25.8 Å². The summed E-state index contributed by atoms with van der Waals surface area (Å²) in [6, 6.07) is 16.2. The highest BCUT2D eigenvalue weighted by Crippen LogP contribution is 2.26. The second-order valence-corrected chi connectivity index (χ2v) is 8.93. The number of carbonyl (C=O) groups is 1. The third-order valence-electron chi connectivity index (χ3n) is 6.58. The van der Waals surface area contributed by atoms with Gasteiger partial charge in [-0.15, -0.1) is 0 Å². The first-order chi connectivity index (χ1) is 15.1. The summed E-state index contributed by atoms with van der Waals surface area (Å²) in [4.78, 5) is 20.2. The van der Waals surface area contributed by atoms with E-state index >= 15 is 0 Å². The molecule has 1 atom stereocenters. The zero-order valence-corrected chi connectivity index (χ0v) is 19.2. The standard InChI is InChI=1S/C25H33ClN4O/c1-2-28-14-16-29(17-15-28)23-10-8-20(9-11-23)25(31)27-19-24(30-12-3-4-13-30)21-6-5-7-22(26)18-21/h5-11,18,24H,2-4,12-17,19H2,1H3,(H,27,31). The van der Waals surface area contributed by atoms with Gasteiger partial charge in [-0.3, -0.25) is 9.69 Å². The fraction of sp³-hybridized carbons (Fsp3) is 0.480. The summed E-state index contributed by atoms with van der Waals surface area (Å²) in [6.07, 6.45) is 2.41. The molecule has 0 radical (unpaired) electrons. The summed E-state index contributed by atoms with van der Waals surface area (Å²) in [7, 11) is 0. The van der Waals surface area contributed by atoms with Gasteiger partial charge in [0.1, 0.15) is 0 Å². The van der Waals surface area contributed by atoms with E-state index in [-0.39, 0.29) is 11.9 Å². The number of carbonyl (C=O) groups excluding carboxylic acids is 1. The Labute approximate surface area is 191 Å². The average molecular weight is 441 g/mol. The Morgan fingerprint density at radius 2 is 1.71 bits per heavy atom. The molecule has 0 aliphatic carbocycles. The minimum absolute atomic E-state index is 0.0198. The fourth-order valence-electron chi connectivity index (χ4n) is 4.66. The van der Waals surface area contributed by atoms with Crippen LogP contribution in [0.3, 0.4) is 0 Å². The number of benzene rings is 2. The number of nitrogens with zero attached hydrogens (tertiary/aromatic N) is 3. The van der Waals surface area contributed by atoms with Gasteiger partial charge in [0.2, 0.25) is 0 Å². The zero-order valence-electron chi connectivity index (χ0n) is 18.4. The first-order valence-corrected chi connectivity index (χ1v) is 11.9. The maximum Gasteiger partial charge on any atom is 0.251 e. The number of halogens is 1. The molecule has 2 aliphatic rings. The largest absolute Gasteiger partial charge is 0.369 e. The molecule has 2 aromatic rings. The number of nitrogens with one attached hydrogen (secondary N) is 1. The second kappa shape index (κ2) is 10.5. The fourth-order valence-corrected chi connectivity index (χ4v) is 4.86. The normalized spacial score (nSPS) is 18.8. The molecule has 1 unspecified atom stereocenters. The van der Waals surface area contributed by atoms with Gasteiger partial charge in [0.25, 0.3) is 5.91 Å². The second-order valence-electron chi connectivity index (χ2n) is 8.49. The lowest BCUT2D eigenvalue weighted by Gasteiger charge is -2.35. The van der Waals surface area contributed by atoms with E-state index in [9.17, 15) is 4.79 Å². The van der Waals surface area contributed by atoms with Crippen LogP contribution in [0.5, 0.6) is 0 Å². The summed E-state index contributed by atoms with van der Waals surface area (Å²) >= 11 is 6.24. The lowest BCUT2D eigenvalue weighted by molar-refractivity contribution is 0.0938. The highest BCUT2D eigenvalue weighted by atomic mass is 35.5. The number of anilines is 1. The molecular weight excluding hydrogens is 408 g/mol. The molecule has 2 heterocycles. The summed E-state index contributed by atoms with van der Waals surface area (Å²) in [6.45, 7) is 10.3. The van der Waals surface area contributed by atoms with Gasteiger partial charge in [-0.25, -0.2) is 0 Å². The quantitative estimate of drug-likeness (QED) is 0.705. The van der Waals surface area contributed by atoms with E-state index in [2.05, 4.69) is 45.1 Å². The van der Waals surface area contributed by atoms with Crippen LogP contribution in [0.4, 0.5) is 5.69 Å². The molecule has 166 valence electrons. The van der Waals surface area contributed by atoms with E-state index in [0.29, 0.717) is 12.1 Å². The van der Waals surface area contributed by atoms with Crippen molar-refractivity contribution in [3.8, 4) is 0 Å². The highest BCUT2D eigenvalue weighted by molar-refractivity contribution is 6.30. The molecule has 5 nitrogen and oxygen atoms in total. The number of piperazine rings is 1. The summed E-state index contributed by atoms with van der Waals surface area (Å²) in [5.74, 6) is -0.0198. The summed E-state index contributed by atoms with van der Waals surface area (Å²) < 4.78 is 0. The molecular formula is C25H33ClN4O. The SMILES string of the molecule is CCN1CCN(c2ccc(C(=O)NCC(c3cccc(Cl)c3)N3CCCC3)cc2)CC1. The van der Waals surface area contributed by atoms with Crippen molar-refractivity contribution in [2.75, 3.05) is 57.3 Å². The van der Waals surface area contributed by atoms with Crippen LogP contribution in [-0.4, -0.2) is 68.1 Å². The van der Waals surface area contributed by atoms with Crippen LogP contribution in [0, 0.1) is 0 Å². The molecule has 1 N–H and O–H groups in total. The third kappa shape index (κ3) is 5.59. The number of likely N-dealkylation sites (N-methyl/N-ethyl adjacent to an activating group) is 1. The lowest BCUT2D eigenvalue weighted by atomic mass is 10.1. The van der Waals surface area contributed by atoms with Crippen molar-refractivity contribution in [1.29, 1.82) is 0 Å². The first kappa shape index (κ1) is 22.1. The number of amides is 1. The predicted octanol–water partition coefficient (Wildman–Crippen LogP) is 4.05. The van der Waals surface area contributed by atoms with E-state index in [4.69, 9.17) is 11.6 Å². The number of hydrogen-bond acceptors (Lipinski definition) is 4. The molecule has 2 saturated heterocycles. The van der Waals surface area contributed by atoms with Crippen LogP contribution in [0.2, 0.25) is 5.02 Å². The molecule has 0 saturated carbocycles. The summed E-state index contributed by atoms with van der Waals surface area (Å²) in [5.41, 5.74) is 3.07. The lowest BCUT2D eigenvalue weighted by Crippen LogP contribution is -2.46. The van der Waals surface area contributed by atoms with Gasteiger partial charge >= 0.3 is 0 Å². The van der Waals surface area contributed by atoms with E-state index in [1.807, 2.05) is 30.3 Å². The minimum Gasteiger partial charge on any atom is -0.369 e. The molecule has 0 aromatic heterocycles. The van der Waals surface area contributed by atoms with Crippen molar-refractivity contribution >= 4 is 23.2 Å². The van der Waals surface area contributed by atoms with Gasteiger partial charge in [0, 0.05) is 49.0 Å². The third-order valence-corrected chi connectivity index (χ3v) is 6.82. The molecule has 0 bridgehead atoms. The molecule has 31 heavy (non-hydrogen) atoms. The van der Waals surface area contributed by atoms with Gasteiger partial charge in [-0.2, -0.15) is 0 Å². The molecule has 2 aliphatic heterocycles.